The predicted molar refractivity (Wildman–Crippen MR) is 81.6 cm³/mol. The summed E-state index contributed by atoms with van der Waals surface area (Å²) in [6.45, 7) is 5.05. The molecule has 20 heavy (non-hydrogen) atoms. The third-order valence-electron chi connectivity index (χ3n) is 4.65. The van der Waals surface area contributed by atoms with Crippen molar-refractivity contribution in [2.75, 3.05) is 31.2 Å². The van der Waals surface area contributed by atoms with Gasteiger partial charge in [0.25, 0.3) is 0 Å². The van der Waals surface area contributed by atoms with E-state index in [1.807, 2.05) is 0 Å². The SMILES string of the molecule is CCCNCC(CCC1CCCO1)C1CCS(=O)(=O)C1. The summed E-state index contributed by atoms with van der Waals surface area (Å²) < 4.78 is 29.1. The smallest absolute Gasteiger partial charge is 0.150 e. The molecule has 2 rings (SSSR count). The normalized spacial score (nSPS) is 30.6. The molecule has 0 spiro atoms. The Labute approximate surface area is 123 Å². The van der Waals surface area contributed by atoms with Crippen molar-refractivity contribution in [2.45, 2.75) is 51.6 Å². The molecule has 0 aromatic rings. The van der Waals surface area contributed by atoms with Gasteiger partial charge in [0.1, 0.15) is 0 Å². The van der Waals surface area contributed by atoms with Crippen molar-refractivity contribution in [3.8, 4) is 0 Å². The van der Waals surface area contributed by atoms with E-state index < -0.39 is 9.84 Å². The number of ether oxygens (including phenoxy) is 1. The Bertz CT molecular complexity index is 377. The predicted octanol–water partition coefficient (Wildman–Crippen LogP) is 2.00. The lowest BCUT2D eigenvalue weighted by molar-refractivity contribution is 0.0950. The standard InChI is InChI=1S/C15H29NO3S/c1-2-8-16-11-13(5-6-15-4-3-9-19-15)14-7-10-20(17,18)12-14/h13-16H,2-12H2,1H3. The van der Waals surface area contributed by atoms with Crippen LogP contribution >= 0.6 is 0 Å². The van der Waals surface area contributed by atoms with Gasteiger partial charge in [-0.1, -0.05) is 6.92 Å². The lowest BCUT2D eigenvalue weighted by atomic mass is 9.86. The highest BCUT2D eigenvalue weighted by Crippen LogP contribution is 2.30. The first-order chi connectivity index (χ1) is 9.61. The van der Waals surface area contributed by atoms with Crippen LogP contribution in [-0.4, -0.2) is 45.7 Å². The van der Waals surface area contributed by atoms with E-state index in [1.165, 1.54) is 12.8 Å². The van der Waals surface area contributed by atoms with Crippen molar-refractivity contribution >= 4 is 9.84 Å². The molecule has 0 aromatic heterocycles. The molecule has 2 aliphatic rings. The second kappa shape index (κ2) is 7.76. The van der Waals surface area contributed by atoms with E-state index in [2.05, 4.69) is 12.2 Å². The Balaban J connectivity index is 1.82. The van der Waals surface area contributed by atoms with Crippen molar-refractivity contribution in [1.82, 2.24) is 5.32 Å². The van der Waals surface area contributed by atoms with Gasteiger partial charge in [-0.05, 0) is 63.5 Å². The minimum atomic E-state index is -2.77. The van der Waals surface area contributed by atoms with Gasteiger partial charge < -0.3 is 10.1 Å². The number of sulfone groups is 1. The van der Waals surface area contributed by atoms with Gasteiger partial charge in [-0.2, -0.15) is 0 Å². The van der Waals surface area contributed by atoms with Crippen LogP contribution in [0.25, 0.3) is 0 Å². The second-order valence-corrected chi connectivity index (χ2v) is 8.57. The zero-order valence-electron chi connectivity index (χ0n) is 12.6. The van der Waals surface area contributed by atoms with E-state index in [0.717, 1.165) is 45.4 Å². The van der Waals surface area contributed by atoms with Crippen LogP contribution in [0, 0.1) is 11.8 Å². The van der Waals surface area contributed by atoms with Crippen molar-refractivity contribution < 1.29 is 13.2 Å². The molecule has 2 fully saturated rings. The summed E-state index contributed by atoms with van der Waals surface area (Å²) in [7, 11) is -2.77. The highest BCUT2D eigenvalue weighted by Gasteiger charge is 2.33. The van der Waals surface area contributed by atoms with Gasteiger partial charge in [-0.3, -0.25) is 0 Å². The average Bonchev–Trinajstić information content (AvgIpc) is 3.03. The van der Waals surface area contributed by atoms with E-state index in [-0.39, 0.29) is 0 Å². The zero-order chi connectivity index (χ0) is 14.4. The molecular formula is C15H29NO3S. The Kier molecular flexibility index (Phi) is 6.30. The summed E-state index contributed by atoms with van der Waals surface area (Å²) in [5, 5.41) is 3.48. The molecule has 2 saturated heterocycles. The van der Waals surface area contributed by atoms with Crippen molar-refractivity contribution in [3.63, 3.8) is 0 Å². The lowest BCUT2D eigenvalue weighted by Gasteiger charge is -2.24. The third-order valence-corrected chi connectivity index (χ3v) is 6.44. The summed E-state index contributed by atoms with van der Waals surface area (Å²) in [5.41, 5.74) is 0. The summed E-state index contributed by atoms with van der Waals surface area (Å²) >= 11 is 0. The molecule has 2 aliphatic heterocycles. The molecule has 5 heteroatoms. The fraction of sp³-hybridized carbons (Fsp3) is 1.00. The molecule has 0 amide bonds. The van der Waals surface area contributed by atoms with Crippen LogP contribution in [-0.2, 0) is 14.6 Å². The number of nitrogens with one attached hydrogen (secondary N) is 1. The van der Waals surface area contributed by atoms with Crippen LogP contribution in [0.5, 0.6) is 0 Å². The molecule has 2 heterocycles. The first-order valence-electron chi connectivity index (χ1n) is 8.13. The van der Waals surface area contributed by atoms with Crippen LogP contribution in [0.4, 0.5) is 0 Å². The Hall–Kier alpha value is -0.130. The summed E-state index contributed by atoms with van der Waals surface area (Å²) in [4.78, 5) is 0. The molecule has 0 radical (unpaired) electrons. The molecule has 1 N–H and O–H groups in total. The average molecular weight is 303 g/mol. The molecule has 3 atom stereocenters. The van der Waals surface area contributed by atoms with Crippen molar-refractivity contribution in [1.29, 1.82) is 0 Å². The minimum absolute atomic E-state index is 0.353. The highest BCUT2D eigenvalue weighted by atomic mass is 32.2. The maximum atomic E-state index is 11.7. The van der Waals surface area contributed by atoms with Gasteiger partial charge in [-0.25, -0.2) is 8.42 Å². The van der Waals surface area contributed by atoms with Crippen LogP contribution in [0.2, 0.25) is 0 Å². The maximum Gasteiger partial charge on any atom is 0.150 e. The summed E-state index contributed by atoms with van der Waals surface area (Å²) in [6, 6.07) is 0. The van der Waals surface area contributed by atoms with E-state index in [9.17, 15) is 8.42 Å². The van der Waals surface area contributed by atoms with Gasteiger partial charge in [0.15, 0.2) is 9.84 Å². The van der Waals surface area contributed by atoms with Crippen LogP contribution in [0.15, 0.2) is 0 Å². The monoisotopic (exact) mass is 303 g/mol. The quantitative estimate of drug-likeness (QED) is 0.697. The maximum absolute atomic E-state index is 11.7. The first-order valence-corrected chi connectivity index (χ1v) is 9.95. The van der Waals surface area contributed by atoms with E-state index in [0.29, 0.717) is 29.4 Å². The highest BCUT2D eigenvalue weighted by molar-refractivity contribution is 7.91. The molecule has 0 aromatic carbocycles. The van der Waals surface area contributed by atoms with Gasteiger partial charge in [0, 0.05) is 6.61 Å². The van der Waals surface area contributed by atoms with Gasteiger partial charge >= 0.3 is 0 Å². The zero-order valence-corrected chi connectivity index (χ0v) is 13.5. The summed E-state index contributed by atoms with van der Waals surface area (Å²) in [6.07, 6.45) is 6.95. The van der Waals surface area contributed by atoms with E-state index >= 15 is 0 Å². The number of rotatable bonds is 8. The third kappa shape index (κ3) is 5.01. The summed E-state index contributed by atoms with van der Waals surface area (Å²) in [5.74, 6) is 1.63. The second-order valence-electron chi connectivity index (χ2n) is 6.34. The first kappa shape index (κ1) is 16.2. The Morgan fingerprint density at radius 1 is 1.35 bits per heavy atom. The van der Waals surface area contributed by atoms with Gasteiger partial charge in [-0.15, -0.1) is 0 Å². The minimum Gasteiger partial charge on any atom is -0.378 e. The number of hydrogen-bond donors (Lipinski definition) is 1. The fourth-order valence-corrected chi connectivity index (χ4v) is 5.36. The van der Waals surface area contributed by atoms with E-state index in [4.69, 9.17) is 4.74 Å². The van der Waals surface area contributed by atoms with Crippen LogP contribution < -0.4 is 5.32 Å². The van der Waals surface area contributed by atoms with Crippen molar-refractivity contribution in [3.05, 3.63) is 0 Å². The van der Waals surface area contributed by atoms with Crippen LogP contribution in [0.1, 0.15) is 45.4 Å². The molecule has 0 saturated carbocycles. The molecule has 0 aliphatic carbocycles. The molecule has 118 valence electrons. The fourth-order valence-electron chi connectivity index (χ4n) is 3.44. The Morgan fingerprint density at radius 2 is 2.20 bits per heavy atom. The molecule has 4 nitrogen and oxygen atoms in total. The molecule has 3 unspecified atom stereocenters. The Morgan fingerprint density at radius 3 is 2.80 bits per heavy atom. The van der Waals surface area contributed by atoms with Gasteiger partial charge in [0.2, 0.25) is 0 Å². The topological polar surface area (TPSA) is 55.4 Å². The van der Waals surface area contributed by atoms with E-state index in [1.54, 1.807) is 0 Å². The van der Waals surface area contributed by atoms with Crippen LogP contribution in [0.3, 0.4) is 0 Å². The number of hydrogen-bond acceptors (Lipinski definition) is 4. The van der Waals surface area contributed by atoms with Crippen molar-refractivity contribution in [2.24, 2.45) is 11.8 Å². The van der Waals surface area contributed by atoms with Gasteiger partial charge in [0.05, 0.1) is 17.6 Å². The lowest BCUT2D eigenvalue weighted by Crippen LogP contribution is -2.30. The molecule has 0 bridgehead atoms. The molecular weight excluding hydrogens is 274 g/mol. The largest absolute Gasteiger partial charge is 0.378 e.